The lowest BCUT2D eigenvalue weighted by molar-refractivity contribution is 0.0996. The third kappa shape index (κ3) is 2.91. The SMILES string of the molecule is COc1cc(-c2ccc3c(c2)CN(c2cncc(C#N)c2)C3=O)cnc1OC. The van der Waals surface area contributed by atoms with Gasteiger partial charge in [0.1, 0.15) is 6.07 Å². The Morgan fingerprint density at radius 2 is 1.93 bits per heavy atom. The van der Waals surface area contributed by atoms with Gasteiger partial charge in [-0.15, -0.1) is 0 Å². The number of fused-ring (bicyclic) bond motifs is 1. The van der Waals surface area contributed by atoms with Crippen molar-refractivity contribution in [3.05, 3.63) is 65.6 Å². The number of carbonyl (C=O) groups excluding carboxylic acids is 1. The highest BCUT2D eigenvalue weighted by atomic mass is 16.5. The number of aromatic nitrogens is 2. The van der Waals surface area contributed by atoms with Crippen molar-refractivity contribution in [2.45, 2.75) is 6.54 Å². The second-order valence-corrected chi connectivity index (χ2v) is 6.24. The van der Waals surface area contributed by atoms with Gasteiger partial charge in [0.2, 0.25) is 0 Å². The van der Waals surface area contributed by atoms with Crippen LogP contribution >= 0.6 is 0 Å². The maximum absolute atomic E-state index is 12.8. The van der Waals surface area contributed by atoms with Gasteiger partial charge in [-0.25, -0.2) is 4.98 Å². The number of anilines is 1. The number of pyridine rings is 2. The first-order chi connectivity index (χ1) is 13.6. The molecule has 0 radical (unpaired) electrons. The molecule has 1 aliphatic heterocycles. The van der Waals surface area contributed by atoms with Gasteiger partial charge in [0, 0.05) is 23.5 Å². The van der Waals surface area contributed by atoms with Crippen LogP contribution in [0.3, 0.4) is 0 Å². The highest BCUT2D eigenvalue weighted by Crippen LogP contribution is 2.34. The van der Waals surface area contributed by atoms with E-state index in [0.29, 0.717) is 35.0 Å². The minimum absolute atomic E-state index is 0.108. The molecule has 0 N–H and O–H groups in total. The van der Waals surface area contributed by atoms with Crippen molar-refractivity contribution >= 4 is 11.6 Å². The zero-order chi connectivity index (χ0) is 19.7. The molecule has 0 atom stereocenters. The molecule has 0 spiro atoms. The first kappa shape index (κ1) is 17.5. The Morgan fingerprint density at radius 1 is 1.07 bits per heavy atom. The van der Waals surface area contributed by atoms with Crippen LogP contribution in [0.5, 0.6) is 11.6 Å². The lowest BCUT2D eigenvalue weighted by atomic mass is 10.0. The number of hydrogen-bond acceptors (Lipinski definition) is 6. The molecule has 3 aromatic rings. The van der Waals surface area contributed by atoms with Gasteiger partial charge in [-0.05, 0) is 35.4 Å². The molecule has 7 heteroatoms. The monoisotopic (exact) mass is 372 g/mol. The fourth-order valence-electron chi connectivity index (χ4n) is 3.23. The van der Waals surface area contributed by atoms with Crippen molar-refractivity contribution in [2.75, 3.05) is 19.1 Å². The van der Waals surface area contributed by atoms with E-state index in [1.165, 1.54) is 13.3 Å². The number of amides is 1. The van der Waals surface area contributed by atoms with E-state index in [4.69, 9.17) is 14.7 Å². The first-order valence-electron chi connectivity index (χ1n) is 8.53. The largest absolute Gasteiger partial charge is 0.491 e. The summed E-state index contributed by atoms with van der Waals surface area (Å²) >= 11 is 0. The lowest BCUT2D eigenvalue weighted by Crippen LogP contribution is -2.23. The topological polar surface area (TPSA) is 88.3 Å². The summed E-state index contributed by atoms with van der Waals surface area (Å²) in [5.41, 5.74) is 4.34. The minimum Gasteiger partial charge on any atom is -0.491 e. The van der Waals surface area contributed by atoms with Crippen molar-refractivity contribution in [1.29, 1.82) is 5.26 Å². The van der Waals surface area contributed by atoms with Gasteiger partial charge in [-0.3, -0.25) is 9.78 Å². The number of hydrogen-bond donors (Lipinski definition) is 0. The summed E-state index contributed by atoms with van der Waals surface area (Å²) in [7, 11) is 3.10. The second kappa shape index (κ2) is 7.00. The molecule has 0 aliphatic carbocycles. The number of nitriles is 1. The smallest absolute Gasteiger partial charge is 0.258 e. The van der Waals surface area contributed by atoms with Crippen molar-refractivity contribution in [1.82, 2.24) is 9.97 Å². The average molecular weight is 372 g/mol. The first-order valence-corrected chi connectivity index (χ1v) is 8.53. The van der Waals surface area contributed by atoms with Gasteiger partial charge in [0.25, 0.3) is 11.8 Å². The van der Waals surface area contributed by atoms with E-state index in [1.807, 2.05) is 30.3 Å². The minimum atomic E-state index is -0.108. The van der Waals surface area contributed by atoms with E-state index in [0.717, 1.165) is 16.7 Å². The maximum atomic E-state index is 12.8. The van der Waals surface area contributed by atoms with Gasteiger partial charge in [-0.1, -0.05) is 6.07 Å². The number of rotatable bonds is 4. The Balaban J connectivity index is 1.68. The Morgan fingerprint density at radius 3 is 2.68 bits per heavy atom. The van der Waals surface area contributed by atoms with E-state index >= 15 is 0 Å². The molecule has 138 valence electrons. The summed E-state index contributed by atoms with van der Waals surface area (Å²) in [6.45, 7) is 0.416. The van der Waals surface area contributed by atoms with E-state index in [1.54, 1.807) is 30.5 Å². The van der Waals surface area contributed by atoms with E-state index < -0.39 is 0 Å². The standard InChI is InChI=1S/C21H16N4O3/c1-27-19-7-15(10-24-20(19)28-2)14-3-4-18-16(6-14)12-25(21(18)26)17-5-13(8-22)9-23-11-17/h3-7,9-11H,12H2,1-2H3. The van der Waals surface area contributed by atoms with Crippen LogP contribution in [0.25, 0.3) is 11.1 Å². The van der Waals surface area contributed by atoms with Gasteiger partial charge < -0.3 is 14.4 Å². The summed E-state index contributed by atoms with van der Waals surface area (Å²) < 4.78 is 10.5. The van der Waals surface area contributed by atoms with Crippen LogP contribution in [0.2, 0.25) is 0 Å². The molecule has 0 fully saturated rings. The Hall–Kier alpha value is -3.92. The lowest BCUT2D eigenvalue weighted by Gasteiger charge is -2.15. The molecular formula is C21H16N4O3. The van der Waals surface area contributed by atoms with Gasteiger partial charge in [-0.2, -0.15) is 5.26 Å². The average Bonchev–Trinajstić information content (AvgIpc) is 3.09. The number of nitrogens with zero attached hydrogens (tertiary/aromatic N) is 4. The number of ether oxygens (including phenoxy) is 2. The Kier molecular flexibility index (Phi) is 4.38. The predicted molar refractivity (Wildman–Crippen MR) is 102 cm³/mol. The molecule has 1 aromatic carbocycles. The fraction of sp³-hybridized carbons (Fsp3) is 0.143. The molecule has 3 heterocycles. The molecule has 0 bridgehead atoms. The number of methoxy groups -OCH3 is 2. The summed E-state index contributed by atoms with van der Waals surface area (Å²) in [5.74, 6) is 0.847. The summed E-state index contributed by atoms with van der Waals surface area (Å²) in [6.07, 6.45) is 4.76. The quantitative estimate of drug-likeness (QED) is 0.699. The van der Waals surface area contributed by atoms with Crippen LogP contribution in [-0.4, -0.2) is 30.1 Å². The van der Waals surface area contributed by atoms with Crippen molar-refractivity contribution in [3.8, 4) is 28.8 Å². The Labute approximate surface area is 161 Å². The van der Waals surface area contributed by atoms with E-state index in [2.05, 4.69) is 9.97 Å². The van der Waals surface area contributed by atoms with Crippen molar-refractivity contribution < 1.29 is 14.3 Å². The summed E-state index contributed by atoms with van der Waals surface area (Å²) in [5, 5.41) is 9.07. The second-order valence-electron chi connectivity index (χ2n) is 6.24. The molecule has 4 rings (SSSR count). The fourth-order valence-corrected chi connectivity index (χ4v) is 3.23. The molecule has 0 saturated carbocycles. The van der Waals surface area contributed by atoms with Crippen molar-refractivity contribution in [3.63, 3.8) is 0 Å². The molecule has 28 heavy (non-hydrogen) atoms. The van der Waals surface area contributed by atoms with Gasteiger partial charge in [0.05, 0.1) is 38.2 Å². The maximum Gasteiger partial charge on any atom is 0.258 e. The normalized spacial score (nSPS) is 12.5. The predicted octanol–water partition coefficient (Wildman–Crippen LogP) is 3.19. The Bertz CT molecular complexity index is 1120. The van der Waals surface area contributed by atoms with Crippen LogP contribution in [0, 0.1) is 11.3 Å². The van der Waals surface area contributed by atoms with Gasteiger partial charge >= 0.3 is 0 Å². The molecule has 0 saturated heterocycles. The van der Waals surface area contributed by atoms with Crippen LogP contribution in [0.1, 0.15) is 21.5 Å². The van der Waals surface area contributed by atoms with E-state index in [9.17, 15) is 4.79 Å². The molecule has 1 amide bonds. The van der Waals surface area contributed by atoms with Gasteiger partial charge in [0.15, 0.2) is 5.75 Å². The zero-order valence-corrected chi connectivity index (χ0v) is 15.3. The molecular weight excluding hydrogens is 356 g/mol. The van der Waals surface area contributed by atoms with Crippen LogP contribution in [-0.2, 0) is 6.54 Å². The van der Waals surface area contributed by atoms with Crippen LogP contribution < -0.4 is 14.4 Å². The zero-order valence-electron chi connectivity index (χ0n) is 15.3. The molecule has 7 nitrogen and oxygen atoms in total. The van der Waals surface area contributed by atoms with Crippen LogP contribution in [0.15, 0.2) is 48.9 Å². The highest BCUT2D eigenvalue weighted by Gasteiger charge is 2.29. The third-order valence-electron chi connectivity index (χ3n) is 4.64. The molecule has 1 aliphatic rings. The number of carbonyl (C=O) groups is 1. The third-order valence-corrected chi connectivity index (χ3v) is 4.64. The molecule has 0 unspecified atom stereocenters. The molecule has 2 aromatic heterocycles. The number of benzene rings is 1. The summed E-state index contributed by atoms with van der Waals surface area (Å²) in [4.78, 5) is 22.7. The van der Waals surface area contributed by atoms with Crippen LogP contribution in [0.4, 0.5) is 5.69 Å². The highest BCUT2D eigenvalue weighted by molar-refractivity contribution is 6.10. The van der Waals surface area contributed by atoms with Crippen molar-refractivity contribution in [2.24, 2.45) is 0 Å². The van der Waals surface area contributed by atoms with E-state index in [-0.39, 0.29) is 5.91 Å². The summed E-state index contributed by atoms with van der Waals surface area (Å²) in [6, 6.07) is 11.2.